The summed E-state index contributed by atoms with van der Waals surface area (Å²) >= 11 is 5.96. The molecule has 0 bridgehead atoms. The summed E-state index contributed by atoms with van der Waals surface area (Å²) in [6.07, 6.45) is 1.98. The van der Waals surface area contributed by atoms with Crippen molar-refractivity contribution < 1.29 is 9.90 Å². The van der Waals surface area contributed by atoms with Crippen molar-refractivity contribution in [3.05, 3.63) is 34.9 Å². The highest BCUT2D eigenvalue weighted by atomic mass is 35.5. The fourth-order valence-electron chi connectivity index (χ4n) is 1.63. The number of amides is 1. The fourth-order valence-corrected chi connectivity index (χ4v) is 1.83. The van der Waals surface area contributed by atoms with Gasteiger partial charge in [0.05, 0.1) is 18.6 Å². The van der Waals surface area contributed by atoms with E-state index in [4.69, 9.17) is 16.7 Å². The molecule has 86 valence electrons. The molecule has 0 aromatic heterocycles. The number of carbonyl (C=O) groups excluding carboxylic acids is 1. The smallest absolute Gasteiger partial charge is 0.224 e. The van der Waals surface area contributed by atoms with Crippen LogP contribution in [0.15, 0.2) is 24.3 Å². The number of rotatable bonds is 4. The summed E-state index contributed by atoms with van der Waals surface area (Å²) < 4.78 is 0. The van der Waals surface area contributed by atoms with Crippen LogP contribution in [0.2, 0.25) is 5.02 Å². The van der Waals surface area contributed by atoms with Gasteiger partial charge in [0.1, 0.15) is 0 Å². The van der Waals surface area contributed by atoms with Gasteiger partial charge < -0.3 is 10.4 Å². The van der Waals surface area contributed by atoms with Gasteiger partial charge in [-0.05, 0) is 24.5 Å². The molecule has 1 aliphatic rings. The van der Waals surface area contributed by atoms with Crippen LogP contribution >= 0.6 is 11.6 Å². The van der Waals surface area contributed by atoms with Crippen LogP contribution in [0.1, 0.15) is 18.4 Å². The van der Waals surface area contributed by atoms with Crippen molar-refractivity contribution in [3.63, 3.8) is 0 Å². The van der Waals surface area contributed by atoms with Gasteiger partial charge in [-0.15, -0.1) is 0 Å². The van der Waals surface area contributed by atoms with E-state index in [2.05, 4.69) is 5.32 Å². The Bertz CT molecular complexity index is 402. The van der Waals surface area contributed by atoms with Crippen LogP contribution in [0.25, 0.3) is 0 Å². The van der Waals surface area contributed by atoms with Crippen LogP contribution in [0.4, 0.5) is 0 Å². The highest BCUT2D eigenvalue weighted by Crippen LogP contribution is 2.34. The van der Waals surface area contributed by atoms with Gasteiger partial charge in [0.25, 0.3) is 0 Å². The van der Waals surface area contributed by atoms with Crippen LogP contribution in [0, 0.1) is 0 Å². The molecule has 0 atom stereocenters. The summed E-state index contributed by atoms with van der Waals surface area (Å²) in [6, 6.07) is 7.29. The monoisotopic (exact) mass is 239 g/mol. The predicted molar refractivity (Wildman–Crippen MR) is 62.3 cm³/mol. The van der Waals surface area contributed by atoms with Gasteiger partial charge in [-0.25, -0.2) is 0 Å². The van der Waals surface area contributed by atoms with E-state index in [0.717, 1.165) is 18.4 Å². The molecule has 16 heavy (non-hydrogen) atoms. The van der Waals surface area contributed by atoms with Crippen molar-refractivity contribution in [1.29, 1.82) is 0 Å². The Morgan fingerprint density at radius 2 is 2.12 bits per heavy atom. The Hall–Kier alpha value is -1.06. The molecule has 1 aromatic rings. The minimum absolute atomic E-state index is 0.0151. The van der Waals surface area contributed by atoms with Gasteiger partial charge >= 0.3 is 0 Å². The molecule has 0 aliphatic heterocycles. The Morgan fingerprint density at radius 1 is 1.44 bits per heavy atom. The lowest BCUT2D eigenvalue weighted by molar-refractivity contribution is -0.121. The van der Waals surface area contributed by atoms with Gasteiger partial charge in [-0.2, -0.15) is 0 Å². The number of aliphatic hydroxyl groups is 1. The molecule has 1 fully saturated rings. The molecule has 0 heterocycles. The Kier molecular flexibility index (Phi) is 3.17. The van der Waals surface area contributed by atoms with Gasteiger partial charge in [0.15, 0.2) is 0 Å². The van der Waals surface area contributed by atoms with Crippen molar-refractivity contribution in [2.45, 2.75) is 24.8 Å². The maximum atomic E-state index is 11.7. The van der Waals surface area contributed by atoms with Crippen molar-refractivity contribution >= 4 is 17.5 Å². The van der Waals surface area contributed by atoms with E-state index in [-0.39, 0.29) is 24.5 Å². The number of aliphatic hydroxyl groups excluding tert-OH is 1. The van der Waals surface area contributed by atoms with E-state index in [0.29, 0.717) is 5.02 Å². The summed E-state index contributed by atoms with van der Waals surface area (Å²) in [7, 11) is 0. The summed E-state index contributed by atoms with van der Waals surface area (Å²) in [5.41, 5.74) is 0.466. The second-order valence-corrected chi connectivity index (χ2v) is 4.66. The minimum Gasteiger partial charge on any atom is -0.394 e. The zero-order valence-corrected chi connectivity index (χ0v) is 9.63. The van der Waals surface area contributed by atoms with Gasteiger partial charge in [-0.3, -0.25) is 4.79 Å². The number of hydrogen-bond acceptors (Lipinski definition) is 2. The lowest BCUT2D eigenvalue weighted by atomic mass is 10.1. The summed E-state index contributed by atoms with van der Waals surface area (Å²) in [4.78, 5) is 11.7. The number of carbonyl (C=O) groups is 1. The lowest BCUT2D eigenvalue weighted by Crippen LogP contribution is -2.40. The molecule has 0 spiro atoms. The predicted octanol–water partition coefficient (Wildman–Crippen LogP) is 1.52. The second-order valence-electron chi connectivity index (χ2n) is 4.25. The third-order valence-electron chi connectivity index (χ3n) is 2.87. The van der Waals surface area contributed by atoms with E-state index in [1.54, 1.807) is 6.07 Å². The molecule has 0 unspecified atom stereocenters. The van der Waals surface area contributed by atoms with E-state index >= 15 is 0 Å². The van der Waals surface area contributed by atoms with Crippen LogP contribution in [-0.4, -0.2) is 23.2 Å². The zero-order chi connectivity index (χ0) is 11.6. The van der Waals surface area contributed by atoms with Gasteiger partial charge in [0, 0.05) is 5.02 Å². The molecule has 1 amide bonds. The van der Waals surface area contributed by atoms with Crippen molar-refractivity contribution in [3.8, 4) is 0 Å². The minimum atomic E-state index is -0.349. The SMILES string of the molecule is O=C(Cc1ccccc1Cl)NC1(CO)CC1. The van der Waals surface area contributed by atoms with Crippen molar-refractivity contribution in [2.75, 3.05) is 6.61 Å². The van der Waals surface area contributed by atoms with Crippen LogP contribution in [0.3, 0.4) is 0 Å². The number of nitrogens with one attached hydrogen (secondary N) is 1. The first-order valence-electron chi connectivity index (χ1n) is 5.30. The molecular weight excluding hydrogens is 226 g/mol. The summed E-state index contributed by atoms with van der Waals surface area (Å²) in [5.74, 6) is -0.0837. The molecule has 2 rings (SSSR count). The van der Waals surface area contributed by atoms with Gasteiger partial charge in [-0.1, -0.05) is 29.8 Å². The normalized spacial score (nSPS) is 16.9. The topological polar surface area (TPSA) is 49.3 Å². The Morgan fingerprint density at radius 3 is 2.69 bits per heavy atom. The van der Waals surface area contributed by atoms with E-state index in [1.165, 1.54) is 0 Å². The van der Waals surface area contributed by atoms with Crippen LogP contribution in [-0.2, 0) is 11.2 Å². The highest BCUT2D eigenvalue weighted by molar-refractivity contribution is 6.31. The van der Waals surface area contributed by atoms with Crippen molar-refractivity contribution in [1.82, 2.24) is 5.32 Å². The number of benzene rings is 1. The number of halogens is 1. The average molecular weight is 240 g/mol. The summed E-state index contributed by atoms with van der Waals surface area (Å²) in [6.45, 7) is 0.0151. The Balaban J connectivity index is 1.95. The molecule has 0 saturated heterocycles. The molecule has 3 nitrogen and oxygen atoms in total. The lowest BCUT2D eigenvalue weighted by Gasteiger charge is -2.14. The van der Waals surface area contributed by atoms with E-state index in [9.17, 15) is 4.79 Å². The molecule has 2 N–H and O–H groups in total. The third-order valence-corrected chi connectivity index (χ3v) is 3.24. The average Bonchev–Trinajstić information content (AvgIpc) is 3.02. The fraction of sp³-hybridized carbons (Fsp3) is 0.417. The highest BCUT2D eigenvalue weighted by Gasteiger charge is 2.43. The quantitative estimate of drug-likeness (QED) is 0.837. The second kappa shape index (κ2) is 4.44. The van der Waals surface area contributed by atoms with Gasteiger partial charge in [0.2, 0.25) is 5.91 Å². The number of hydrogen-bond donors (Lipinski definition) is 2. The largest absolute Gasteiger partial charge is 0.394 e. The molecule has 4 heteroatoms. The molecule has 0 radical (unpaired) electrons. The third kappa shape index (κ3) is 2.54. The van der Waals surface area contributed by atoms with E-state index in [1.807, 2.05) is 18.2 Å². The maximum absolute atomic E-state index is 11.7. The first-order chi connectivity index (χ1) is 7.65. The first-order valence-corrected chi connectivity index (χ1v) is 5.68. The summed E-state index contributed by atoms with van der Waals surface area (Å²) in [5, 5.41) is 12.5. The maximum Gasteiger partial charge on any atom is 0.224 e. The van der Waals surface area contributed by atoms with E-state index < -0.39 is 0 Å². The van der Waals surface area contributed by atoms with Crippen molar-refractivity contribution in [2.24, 2.45) is 0 Å². The molecule has 1 aliphatic carbocycles. The first kappa shape index (κ1) is 11.4. The molecule has 1 aromatic carbocycles. The van der Waals surface area contributed by atoms with Crippen LogP contribution < -0.4 is 5.32 Å². The molecular formula is C12H14ClNO2. The standard InChI is InChI=1S/C12H14ClNO2/c13-10-4-2-1-3-9(10)7-11(16)14-12(8-15)5-6-12/h1-4,15H,5-8H2,(H,14,16). The zero-order valence-electron chi connectivity index (χ0n) is 8.87. The molecule has 1 saturated carbocycles. The van der Waals surface area contributed by atoms with Crippen LogP contribution in [0.5, 0.6) is 0 Å². The Labute approximate surface area is 99.4 Å².